The zero-order chi connectivity index (χ0) is 16.7. The summed E-state index contributed by atoms with van der Waals surface area (Å²) in [6, 6.07) is 0. The lowest BCUT2D eigenvalue weighted by atomic mass is 9.75. The Morgan fingerprint density at radius 1 is 0.591 bits per heavy atom. The van der Waals surface area contributed by atoms with Gasteiger partial charge in [-0.2, -0.15) is 0 Å². The zero-order valence-corrected chi connectivity index (χ0v) is 16.7. The van der Waals surface area contributed by atoms with Gasteiger partial charge in [-0.15, -0.1) is 0 Å². The van der Waals surface area contributed by atoms with E-state index in [2.05, 4.69) is 34.6 Å². The van der Waals surface area contributed by atoms with Gasteiger partial charge in [0.1, 0.15) is 0 Å². The fraction of sp³-hybridized carbons (Fsp3) is 1.00. The summed E-state index contributed by atoms with van der Waals surface area (Å²) in [5.74, 6) is 0.866. The molecule has 1 unspecified atom stereocenters. The maximum Gasteiger partial charge on any atom is -0.0329 e. The molecule has 0 aromatic carbocycles. The van der Waals surface area contributed by atoms with Crippen LogP contribution in [0.2, 0.25) is 0 Å². The zero-order valence-electron chi connectivity index (χ0n) is 16.7. The van der Waals surface area contributed by atoms with Crippen molar-refractivity contribution in [2.75, 3.05) is 0 Å². The van der Waals surface area contributed by atoms with E-state index in [0.29, 0.717) is 5.41 Å². The topological polar surface area (TPSA) is 0 Å². The molecule has 0 rings (SSSR count). The first kappa shape index (κ1) is 22.0. The van der Waals surface area contributed by atoms with Crippen LogP contribution in [-0.4, -0.2) is 0 Å². The molecule has 0 fully saturated rings. The normalized spacial score (nSPS) is 13.5. The minimum absolute atomic E-state index is 0.548. The second-order valence-corrected chi connectivity index (χ2v) is 8.29. The molecule has 0 heteroatoms. The predicted molar refractivity (Wildman–Crippen MR) is 104 cm³/mol. The number of hydrogen-bond acceptors (Lipinski definition) is 0. The lowest BCUT2D eigenvalue weighted by Gasteiger charge is -2.31. The summed E-state index contributed by atoms with van der Waals surface area (Å²) >= 11 is 0. The minimum atomic E-state index is 0.548. The van der Waals surface area contributed by atoms with Crippen LogP contribution < -0.4 is 0 Å². The Kier molecular flexibility index (Phi) is 14.6. The van der Waals surface area contributed by atoms with Crippen LogP contribution in [0.25, 0.3) is 0 Å². The van der Waals surface area contributed by atoms with Crippen LogP contribution in [0.1, 0.15) is 131 Å². The molecular formula is C22H46. The van der Waals surface area contributed by atoms with Crippen LogP contribution in [0, 0.1) is 11.3 Å². The average Bonchev–Trinajstić information content (AvgIpc) is 2.50. The maximum atomic E-state index is 2.46. The third-order valence-electron chi connectivity index (χ3n) is 5.87. The van der Waals surface area contributed by atoms with Gasteiger partial charge in [0.2, 0.25) is 0 Å². The van der Waals surface area contributed by atoms with Crippen molar-refractivity contribution in [2.24, 2.45) is 11.3 Å². The SMILES string of the molecule is CCCCCCCCCCCCCCCC(C)(C)C(C)CC. The van der Waals surface area contributed by atoms with Gasteiger partial charge in [-0.25, -0.2) is 0 Å². The van der Waals surface area contributed by atoms with Gasteiger partial charge in [-0.3, -0.25) is 0 Å². The van der Waals surface area contributed by atoms with Crippen LogP contribution >= 0.6 is 0 Å². The van der Waals surface area contributed by atoms with Crippen LogP contribution in [0.4, 0.5) is 0 Å². The van der Waals surface area contributed by atoms with Crippen molar-refractivity contribution in [1.29, 1.82) is 0 Å². The minimum Gasteiger partial charge on any atom is -0.0654 e. The fourth-order valence-corrected chi connectivity index (χ4v) is 3.40. The van der Waals surface area contributed by atoms with E-state index in [1.54, 1.807) is 0 Å². The van der Waals surface area contributed by atoms with Crippen molar-refractivity contribution >= 4 is 0 Å². The van der Waals surface area contributed by atoms with Gasteiger partial charge < -0.3 is 0 Å². The van der Waals surface area contributed by atoms with Crippen LogP contribution in [0.15, 0.2) is 0 Å². The predicted octanol–water partition coefficient (Wildman–Crippen LogP) is 8.54. The van der Waals surface area contributed by atoms with Crippen LogP contribution in [0.3, 0.4) is 0 Å². The molecule has 0 aliphatic carbocycles. The van der Waals surface area contributed by atoms with Crippen molar-refractivity contribution < 1.29 is 0 Å². The van der Waals surface area contributed by atoms with Gasteiger partial charge >= 0.3 is 0 Å². The molecule has 1 atom stereocenters. The monoisotopic (exact) mass is 310 g/mol. The third kappa shape index (κ3) is 12.5. The lowest BCUT2D eigenvalue weighted by molar-refractivity contribution is 0.199. The van der Waals surface area contributed by atoms with E-state index in [9.17, 15) is 0 Å². The fourth-order valence-electron chi connectivity index (χ4n) is 3.40. The Hall–Kier alpha value is 0. The average molecular weight is 311 g/mol. The van der Waals surface area contributed by atoms with Crippen LogP contribution in [-0.2, 0) is 0 Å². The molecule has 0 saturated carbocycles. The Morgan fingerprint density at radius 3 is 1.32 bits per heavy atom. The molecule has 0 amide bonds. The van der Waals surface area contributed by atoms with Crippen LogP contribution in [0.5, 0.6) is 0 Å². The highest BCUT2D eigenvalue weighted by Gasteiger charge is 2.23. The van der Waals surface area contributed by atoms with Gasteiger partial charge in [0.15, 0.2) is 0 Å². The molecule has 0 saturated heterocycles. The van der Waals surface area contributed by atoms with E-state index in [4.69, 9.17) is 0 Å². The number of unbranched alkanes of at least 4 members (excludes halogenated alkanes) is 12. The largest absolute Gasteiger partial charge is 0.0654 e. The van der Waals surface area contributed by atoms with E-state index in [1.807, 2.05) is 0 Å². The highest BCUT2D eigenvalue weighted by Crippen LogP contribution is 2.34. The molecule has 0 aliphatic rings. The molecule has 0 N–H and O–H groups in total. The summed E-state index contributed by atoms with van der Waals surface area (Å²) in [5.41, 5.74) is 0.548. The molecule has 0 aliphatic heterocycles. The summed E-state index contributed by atoms with van der Waals surface area (Å²) in [5, 5.41) is 0. The van der Waals surface area contributed by atoms with Crippen molar-refractivity contribution in [2.45, 2.75) is 131 Å². The first-order chi connectivity index (χ1) is 10.5. The Morgan fingerprint density at radius 2 is 0.955 bits per heavy atom. The summed E-state index contributed by atoms with van der Waals surface area (Å²) in [6.07, 6.45) is 21.7. The van der Waals surface area contributed by atoms with Crippen molar-refractivity contribution in [1.82, 2.24) is 0 Å². The Labute approximate surface area is 142 Å². The molecule has 0 spiro atoms. The molecule has 0 nitrogen and oxygen atoms in total. The van der Waals surface area contributed by atoms with Gasteiger partial charge in [-0.05, 0) is 17.8 Å². The molecule has 134 valence electrons. The maximum absolute atomic E-state index is 2.46. The standard InChI is InChI=1S/C22H46/c1-6-8-9-10-11-12-13-14-15-16-17-18-19-20-22(4,5)21(3)7-2/h21H,6-20H2,1-5H3. The molecule has 0 aromatic heterocycles. The summed E-state index contributed by atoms with van der Waals surface area (Å²) < 4.78 is 0. The molecular weight excluding hydrogens is 264 g/mol. The second kappa shape index (κ2) is 14.6. The van der Waals surface area contributed by atoms with Gasteiger partial charge in [-0.1, -0.05) is 125 Å². The lowest BCUT2D eigenvalue weighted by Crippen LogP contribution is -2.20. The second-order valence-electron chi connectivity index (χ2n) is 8.29. The molecule has 0 heterocycles. The molecule has 0 aromatic rings. The number of rotatable bonds is 16. The summed E-state index contributed by atoms with van der Waals surface area (Å²) in [6.45, 7) is 12.0. The van der Waals surface area contributed by atoms with Gasteiger partial charge in [0.25, 0.3) is 0 Å². The quantitative estimate of drug-likeness (QED) is 0.250. The highest BCUT2D eigenvalue weighted by molar-refractivity contribution is 4.74. The molecule has 22 heavy (non-hydrogen) atoms. The van der Waals surface area contributed by atoms with Gasteiger partial charge in [0.05, 0.1) is 0 Å². The first-order valence-electron chi connectivity index (χ1n) is 10.5. The van der Waals surface area contributed by atoms with E-state index in [1.165, 1.54) is 96.3 Å². The Bertz CT molecular complexity index is 216. The molecule has 0 radical (unpaired) electrons. The third-order valence-corrected chi connectivity index (χ3v) is 5.87. The number of hydrogen-bond donors (Lipinski definition) is 0. The van der Waals surface area contributed by atoms with E-state index in [0.717, 1.165) is 5.92 Å². The summed E-state index contributed by atoms with van der Waals surface area (Å²) in [7, 11) is 0. The van der Waals surface area contributed by atoms with Crippen molar-refractivity contribution in [3.05, 3.63) is 0 Å². The highest BCUT2D eigenvalue weighted by atomic mass is 14.3. The van der Waals surface area contributed by atoms with Crippen molar-refractivity contribution in [3.63, 3.8) is 0 Å². The summed E-state index contributed by atoms with van der Waals surface area (Å²) in [4.78, 5) is 0. The van der Waals surface area contributed by atoms with Crippen molar-refractivity contribution in [3.8, 4) is 0 Å². The van der Waals surface area contributed by atoms with Gasteiger partial charge in [0, 0.05) is 0 Å². The molecule has 0 bridgehead atoms. The van der Waals surface area contributed by atoms with E-state index >= 15 is 0 Å². The Balaban J connectivity index is 3.24. The van der Waals surface area contributed by atoms with E-state index < -0.39 is 0 Å². The smallest absolute Gasteiger partial charge is 0.0329 e. The van der Waals surface area contributed by atoms with E-state index in [-0.39, 0.29) is 0 Å². The first-order valence-corrected chi connectivity index (χ1v) is 10.5.